The molecule has 0 aliphatic heterocycles. The molecule has 2 aromatic heterocycles. The summed E-state index contributed by atoms with van der Waals surface area (Å²) in [5, 5.41) is 4.23. The second-order valence-corrected chi connectivity index (χ2v) is 4.83. The molecule has 0 unspecified atom stereocenters. The van der Waals surface area contributed by atoms with Crippen LogP contribution in [-0.4, -0.2) is 16.5 Å². The molecule has 1 N–H and O–H groups in total. The number of aromatic nitrogens is 2. The van der Waals surface area contributed by atoms with E-state index < -0.39 is 0 Å². The van der Waals surface area contributed by atoms with Crippen molar-refractivity contribution < 1.29 is 4.74 Å². The second kappa shape index (κ2) is 6.28. The van der Waals surface area contributed by atoms with Crippen LogP contribution in [0.15, 0.2) is 24.5 Å². The number of pyridine rings is 2. The summed E-state index contributed by atoms with van der Waals surface area (Å²) >= 11 is 17.9. The molecule has 0 bridgehead atoms. The van der Waals surface area contributed by atoms with Crippen molar-refractivity contribution in [3.05, 3.63) is 39.6 Å². The van der Waals surface area contributed by atoms with Crippen molar-refractivity contribution in [3.8, 4) is 11.6 Å². The van der Waals surface area contributed by atoms with Crippen molar-refractivity contribution in [2.24, 2.45) is 0 Å². The van der Waals surface area contributed by atoms with E-state index in [9.17, 15) is 0 Å². The third kappa shape index (κ3) is 3.62. The number of nitrogens with one attached hydrogen (secondary N) is 1. The van der Waals surface area contributed by atoms with Crippen molar-refractivity contribution in [2.45, 2.75) is 6.92 Å². The van der Waals surface area contributed by atoms with E-state index in [2.05, 4.69) is 15.3 Å². The van der Waals surface area contributed by atoms with Gasteiger partial charge in [0.1, 0.15) is 16.6 Å². The van der Waals surface area contributed by atoms with Crippen LogP contribution in [0.25, 0.3) is 0 Å². The van der Waals surface area contributed by atoms with Crippen molar-refractivity contribution in [1.29, 1.82) is 0 Å². The first-order chi connectivity index (χ1) is 9.10. The Labute approximate surface area is 125 Å². The minimum Gasteiger partial charge on any atom is -0.436 e. The van der Waals surface area contributed by atoms with Gasteiger partial charge in [-0.25, -0.2) is 0 Å². The highest BCUT2D eigenvalue weighted by Crippen LogP contribution is 2.33. The third-order valence-electron chi connectivity index (χ3n) is 2.14. The van der Waals surface area contributed by atoms with Crippen molar-refractivity contribution in [1.82, 2.24) is 9.97 Å². The Morgan fingerprint density at radius 2 is 1.95 bits per heavy atom. The lowest BCUT2D eigenvalue weighted by Crippen LogP contribution is -2.01. The SMILES string of the molecule is CCNc1nc(Oc2cncc(Cl)c2)c(Cl)cc1Cl. The van der Waals surface area contributed by atoms with E-state index in [0.29, 0.717) is 33.2 Å². The summed E-state index contributed by atoms with van der Waals surface area (Å²) in [6.45, 7) is 2.63. The van der Waals surface area contributed by atoms with E-state index in [4.69, 9.17) is 39.5 Å². The average Bonchev–Trinajstić information content (AvgIpc) is 2.35. The Kier molecular flexibility index (Phi) is 4.69. The normalized spacial score (nSPS) is 10.3. The van der Waals surface area contributed by atoms with Gasteiger partial charge in [-0.05, 0) is 13.0 Å². The van der Waals surface area contributed by atoms with Crippen LogP contribution < -0.4 is 10.1 Å². The first-order valence-electron chi connectivity index (χ1n) is 5.48. The zero-order chi connectivity index (χ0) is 13.8. The van der Waals surface area contributed by atoms with Gasteiger partial charge in [-0.2, -0.15) is 4.98 Å². The number of hydrogen-bond acceptors (Lipinski definition) is 4. The molecule has 0 amide bonds. The van der Waals surface area contributed by atoms with Gasteiger partial charge >= 0.3 is 0 Å². The molecule has 0 aromatic carbocycles. The molecule has 7 heteroatoms. The molecular weight excluding hydrogens is 309 g/mol. The van der Waals surface area contributed by atoms with Crippen molar-refractivity contribution >= 4 is 40.6 Å². The lowest BCUT2D eigenvalue weighted by atomic mass is 10.4. The first-order valence-corrected chi connectivity index (χ1v) is 6.62. The molecular formula is C12H10Cl3N3O. The highest BCUT2D eigenvalue weighted by Gasteiger charge is 2.11. The molecule has 0 aliphatic rings. The van der Waals surface area contributed by atoms with Gasteiger partial charge in [-0.15, -0.1) is 0 Å². The molecule has 2 rings (SSSR count). The van der Waals surface area contributed by atoms with E-state index in [1.807, 2.05) is 6.92 Å². The largest absolute Gasteiger partial charge is 0.436 e. The molecule has 19 heavy (non-hydrogen) atoms. The standard InChI is InChI=1S/C12H10Cl3N3O/c1-2-17-11-9(14)4-10(15)12(18-11)19-8-3-7(13)5-16-6-8/h3-6H,2H2,1H3,(H,17,18). The molecule has 0 saturated carbocycles. The summed E-state index contributed by atoms with van der Waals surface area (Å²) in [5.41, 5.74) is 0. The van der Waals surface area contributed by atoms with E-state index in [-0.39, 0.29) is 5.88 Å². The summed E-state index contributed by atoms with van der Waals surface area (Å²) < 4.78 is 5.54. The van der Waals surface area contributed by atoms with Gasteiger partial charge in [0.25, 0.3) is 0 Å². The number of ether oxygens (including phenoxy) is 1. The lowest BCUT2D eigenvalue weighted by molar-refractivity contribution is 0.462. The van der Waals surface area contributed by atoms with Gasteiger partial charge in [0.15, 0.2) is 0 Å². The third-order valence-corrected chi connectivity index (χ3v) is 2.90. The smallest absolute Gasteiger partial charge is 0.240 e. The zero-order valence-corrected chi connectivity index (χ0v) is 12.2. The maximum Gasteiger partial charge on any atom is 0.240 e. The first kappa shape index (κ1) is 14.2. The molecule has 0 spiro atoms. The van der Waals surface area contributed by atoms with Crippen LogP contribution in [0.2, 0.25) is 15.1 Å². The second-order valence-electron chi connectivity index (χ2n) is 3.58. The van der Waals surface area contributed by atoms with Gasteiger partial charge in [0, 0.05) is 18.8 Å². The lowest BCUT2D eigenvalue weighted by Gasteiger charge is -2.10. The Balaban J connectivity index is 2.31. The molecule has 2 aromatic rings. The van der Waals surface area contributed by atoms with Crippen molar-refractivity contribution in [3.63, 3.8) is 0 Å². The van der Waals surface area contributed by atoms with Gasteiger partial charge in [0.2, 0.25) is 5.88 Å². The van der Waals surface area contributed by atoms with E-state index in [1.165, 1.54) is 12.4 Å². The minimum atomic E-state index is 0.242. The number of rotatable bonds is 4. The average molecular weight is 319 g/mol. The summed E-state index contributed by atoms with van der Waals surface area (Å²) in [6.07, 6.45) is 3.03. The number of halogens is 3. The summed E-state index contributed by atoms with van der Waals surface area (Å²) in [5.74, 6) is 1.20. The predicted octanol–water partition coefficient (Wildman–Crippen LogP) is 4.66. The molecule has 0 atom stereocenters. The van der Waals surface area contributed by atoms with Crippen LogP contribution >= 0.6 is 34.8 Å². The highest BCUT2D eigenvalue weighted by atomic mass is 35.5. The van der Waals surface area contributed by atoms with Crippen LogP contribution in [0.5, 0.6) is 11.6 Å². The molecule has 100 valence electrons. The van der Waals surface area contributed by atoms with E-state index >= 15 is 0 Å². The quantitative estimate of drug-likeness (QED) is 0.890. The summed E-state index contributed by atoms with van der Waals surface area (Å²) in [6, 6.07) is 3.19. The summed E-state index contributed by atoms with van der Waals surface area (Å²) in [7, 11) is 0. The van der Waals surface area contributed by atoms with E-state index in [1.54, 1.807) is 12.1 Å². The van der Waals surface area contributed by atoms with Crippen LogP contribution in [0.3, 0.4) is 0 Å². The van der Waals surface area contributed by atoms with Crippen LogP contribution in [0, 0.1) is 0 Å². The number of nitrogens with zero attached hydrogens (tertiary/aromatic N) is 2. The molecule has 0 radical (unpaired) electrons. The van der Waals surface area contributed by atoms with Crippen LogP contribution in [-0.2, 0) is 0 Å². The fourth-order valence-corrected chi connectivity index (χ4v) is 2.00. The Morgan fingerprint density at radius 1 is 1.16 bits per heavy atom. The van der Waals surface area contributed by atoms with E-state index in [0.717, 1.165) is 0 Å². The molecule has 2 heterocycles. The van der Waals surface area contributed by atoms with Crippen LogP contribution in [0.1, 0.15) is 6.92 Å². The Bertz CT molecular complexity index is 592. The maximum absolute atomic E-state index is 6.04. The summed E-state index contributed by atoms with van der Waals surface area (Å²) in [4.78, 5) is 8.14. The molecule has 4 nitrogen and oxygen atoms in total. The Hall–Kier alpha value is -1.23. The monoisotopic (exact) mass is 317 g/mol. The number of anilines is 1. The molecule has 0 aliphatic carbocycles. The fraction of sp³-hybridized carbons (Fsp3) is 0.167. The van der Waals surface area contributed by atoms with Crippen molar-refractivity contribution in [2.75, 3.05) is 11.9 Å². The Morgan fingerprint density at radius 3 is 2.63 bits per heavy atom. The number of hydrogen-bond donors (Lipinski definition) is 1. The van der Waals surface area contributed by atoms with Gasteiger partial charge < -0.3 is 10.1 Å². The zero-order valence-electron chi connectivity index (χ0n) is 9.95. The predicted molar refractivity (Wildman–Crippen MR) is 77.7 cm³/mol. The highest BCUT2D eigenvalue weighted by molar-refractivity contribution is 6.36. The van der Waals surface area contributed by atoms with Gasteiger partial charge in [0.05, 0.1) is 16.2 Å². The minimum absolute atomic E-state index is 0.242. The molecule has 0 saturated heterocycles. The van der Waals surface area contributed by atoms with Gasteiger partial charge in [-0.3, -0.25) is 4.98 Å². The van der Waals surface area contributed by atoms with Gasteiger partial charge in [-0.1, -0.05) is 34.8 Å². The fourth-order valence-electron chi connectivity index (χ4n) is 1.37. The molecule has 0 fully saturated rings. The maximum atomic E-state index is 6.04. The van der Waals surface area contributed by atoms with Crippen LogP contribution in [0.4, 0.5) is 5.82 Å². The topological polar surface area (TPSA) is 47.0 Å².